The second kappa shape index (κ2) is 7.66. The molecule has 0 fully saturated rings. The van der Waals surface area contributed by atoms with Gasteiger partial charge in [0.2, 0.25) is 0 Å². The van der Waals surface area contributed by atoms with Gasteiger partial charge in [0.25, 0.3) is 5.91 Å². The van der Waals surface area contributed by atoms with E-state index in [1.807, 2.05) is 36.4 Å². The van der Waals surface area contributed by atoms with Crippen molar-refractivity contribution in [3.05, 3.63) is 82.3 Å². The molecular weight excluding hydrogens is 316 g/mol. The van der Waals surface area contributed by atoms with Crippen LogP contribution in [0, 0.1) is 0 Å². The maximum absolute atomic E-state index is 12.6. The number of carbonyl (C=O) groups is 1. The number of nitrogens with one attached hydrogen (secondary N) is 1. The third kappa shape index (κ3) is 3.88. The molecule has 0 bridgehead atoms. The molecule has 0 unspecified atom stereocenters. The molecule has 1 N–H and O–H groups in total. The van der Waals surface area contributed by atoms with E-state index in [-0.39, 0.29) is 11.6 Å². The van der Waals surface area contributed by atoms with Gasteiger partial charge in [-0.05, 0) is 24.0 Å². The summed E-state index contributed by atoms with van der Waals surface area (Å²) in [5.41, 5.74) is 1.94. The summed E-state index contributed by atoms with van der Waals surface area (Å²) in [5, 5.41) is 2.87. The average molecular weight is 336 g/mol. The minimum Gasteiger partial charge on any atom is -0.351 e. The van der Waals surface area contributed by atoms with Crippen molar-refractivity contribution in [2.24, 2.45) is 7.05 Å². The maximum Gasteiger partial charge on any atom is 0.366 e. The minimum absolute atomic E-state index is 0.246. The van der Waals surface area contributed by atoms with Crippen molar-refractivity contribution in [3.8, 4) is 11.1 Å². The highest BCUT2D eigenvalue weighted by Crippen LogP contribution is 2.20. The van der Waals surface area contributed by atoms with E-state index in [0.29, 0.717) is 17.7 Å². The molecule has 1 heterocycles. The molecule has 2 aromatic carbocycles. The standard InChI is InChI=1S/C20H20N2O3/c1-22-18(17(20(24)25-22)16-12-6-3-7-13-16)19(23)21-14-8-11-15-9-4-2-5-10-15/h2-7,9-10,12-13H,8,11,14H2,1H3,(H,21,23). The zero-order chi connectivity index (χ0) is 17.6. The van der Waals surface area contributed by atoms with Gasteiger partial charge in [0.05, 0.1) is 0 Å². The second-order valence-corrected chi connectivity index (χ2v) is 5.81. The molecular formula is C20H20N2O3. The van der Waals surface area contributed by atoms with Gasteiger partial charge in [-0.25, -0.2) is 9.53 Å². The molecule has 0 aliphatic carbocycles. The number of nitrogens with zero attached hydrogens (tertiary/aromatic N) is 1. The Labute approximate surface area is 145 Å². The predicted molar refractivity (Wildman–Crippen MR) is 96.5 cm³/mol. The third-order valence-electron chi connectivity index (χ3n) is 4.02. The van der Waals surface area contributed by atoms with Gasteiger partial charge in [0.15, 0.2) is 5.69 Å². The van der Waals surface area contributed by atoms with Crippen LogP contribution in [0.2, 0.25) is 0 Å². The Morgan fingerprint density at radius 1 is 1.04 bits per heavy atom. The number of carbonyl (C=O) groups excluding carboxylic acids is 1. The van der Waals surface area contributed by atoms with Crippen LogP contribution in [0.5, 0.6) is 0 Å². The first-order chi connectivity index (χ1) is 12.2. The lowest BCUT2D eigenvalue weighted by Crippen LogP contribution is -2.27. The molecule has 0 saturated heterocycles. The zero-order valence-corrected chi connectivity index (χ0v) is 14.1. The fourth-order valence-electron chi connectivity index (χ4n) is 2.81. The van der Waals surface area contributed by atoms with Crippen LogP contribution in [0.25, 0.3) is 11.1 Å². The fourth-order valence-corrected chi connectivity index (χ4v) is 2.81. The van der Waals surface area contributed by atoms with Crippen LogP contribution < -0.4 is 10.9 Å². The average Bonchev–Trinajstić information content (AvgIpc) is 2.94. The van der Waals surface area contributed by atoms with Crippen LogP contribution in [0.3, 0.4) is 0 Å². The summed E-state index contributed by atoms with van der Waals surface area (Å²) in [6.07, 6.45) is 1.71. The van der Waals surface area contributed by atoms with Crippen molar-refractivity contribution in [2.45, 2.75) is 12.8 Å². The Balaban J connectivity index is 1.69. The van der Waals surface area contributed by atoms with Crippen LogP contribution >= 0.6 is 0 Å². The number of hydrogen-bond acceptors (Lipinski definition) is 3. The van der Waals surface area contributed by atoms with Crippen LogP contribution in [-0.2, 0) is 13.5 Å². The van der Waals surface area contributed by atoms with Gasteiger partial charge in [-0.2, -0.15) is 0 Å². The first-order valence-corrected chi connectivity index (χ1v) is 8.24. The molecule has 0 aliphatic heterocycles. The van der Waals surface area contributed by atoms with E-state index in [1.54, 1.807) is 19.2 Å². The lowest BCUT2D eigenvalue weighted by atomic mass is 10.1. The molecule has 0 atom stereocenters. The molecule has 0 spiro atoms. The monoisotopic (exact) mass is 336 g/mol. The lowest BCUT2D eigenvalue weighted by Gasteiger charge is -2.07. The number of benzene rings is 2. The second-order valence-electron chi connectivity index (χ2n) is 5.81. The van der Waals surface area contributed by atoms with Crippen LogP contribution in [0.1, 0.15) is 22.5 Å². The normalized spacial score (nSPS) is 10.6. The van der Waals surface area contributed by atoms with Gasteiger partial charge >= 0.3 is 5.63 Å². The van der Waals surface area contributed by atoms with E-state index in [1.165, 1.54) is 10.3 Å². The molecule has 0 saturated carbocycles. The molecule has 5 nitrogen and oxygen atoms in total. The Bertz CT molecular complexity index is 896. The van der Waals surface area contributed by atoms with Gasteiger partial charge in [0.1, 0.15) is 5.56 Å². The molecule has 5 heteroatoms. The van der Waals surface area contributed by atoms with Crippen molar-refractivity contribution < 1.29 is 9.32 Å². The Morgan fingerprint density at radius 2 is 1.68 bits per heavy atom. The van der Waals surface area contributed by atoms with Gasteiger partial charge < -0.3 is 9.84 Å². The summed E-state index contributed by atoms with van der Waals surface area (Å²) in [5.74, 6) is -0.305. The van der Waals surface area contributed by atoms with E-state index < -0.39 is 5.63 Å². The Kier molecular flexibility index (Phi) is 5.14. The van der Waals surface area contributed by atoms with E-state index >= 15 is 0 Å². The maximum atomic E-state index is 12.6. The SMILES string of the molecule is Cn1oc(=O)c(-c2ccccc2)c1C(=O)NCCCc1ccccc1. The number of hydrogen-bond donors (Lipinski definition) is 1. The predicted octanol–water partition coefficient (Wildman–Crippen LogP) is 3.01. The summed E-state index contributed by atoms with van der Waals surface area (Å²) < 4.78 is 6.33. The number of aromatic nitrogens is 1. The highest BCUT2D eigenvalue weighted by Gasteiger charge is 2.22. The van der Waals surface area contributed by atoms with Crippen LogP contribution in [0.4, 0.5) is 0 Å². The Morgan fingerprint density at radius 3 is 2.36 bits per heavy atom. The van der Waals surface area contributed by atoms with E-state index in [9.17, 15) is 9.59 Å². The van der Waals surface area contributed by atoms with Crippen molar-refractivity contribution in [1.29, 1.82) is 0 Å². The summed E-state index contributed by atoms with van der Waals surface area (Å²) in [7, 11) is 1.56. The summed E-state index contributed by atoms with van der Waals surface area (Å²) >= 11 is 0. The van der Waals surface area contributed by atoms with Crippen LogP contribution in [-0.4, -0.2) is 17.2 Å². The first-order valence-electron chi connectivity index (χ1n) is 8.24. The molecule has 0 aliphatic rings. The highest BCUT2D eigenvalue weighted by atomic mass is 16.5. The number of amides is 1. The number of aryl methyl sites for hydroxylation is 2. The molecule has 1 aromatic heterocycles. The van der Waals surface area contributed by atoms with E-state index in [0.717, 1.165) is 12.8 Å². The number of rotatable bonds is 6. The van der Waals surface area contributed by atoms with E-state index in [4.69, 9.17) is 4.52 Å². The summed E-state index contributed by atoms with van der Waals surface area (Å²) in [6.45, 7) is 0.529. The van der Waals surface area contributed by atoms with E-state index in [2.05, 4.69) is 17.4 Å². The minimum atomic E-state index is -0.511. The highest BCUT2D eigenvalue weighted by molar-refractivity contribution is 5.98. The molecule has 128 valence electrons. The van der Waals surface area contributed by atoms with Crippen molar-refractivity contribution >= 4 is 5.91 Å². The molecule has 0 radical (unpaired) electrons. The van der Waals surface area contributed by atoms with Crippen molar-refractivity contribution in [1.82, 2.24) is 10.1 Å². The largest absolute Gasteiger partial charge is 0.366 e. The molecule has 25 heavy (non-hydrogen) atoms. The third-order valence-corrected chi connectivity index (χ3v) is 4.02. The first kappa shape index (κ1) is 16.8. The fraction of sp³-hybridized carbons (Fsp3) is 0.200. The molecule has 3 rings (SSSR count). The zero-order valence-electron chi connectivity index (χ0n) is 14.1. The Hall–Kier alpha value is -3.08. The van der Waals surface area contributed by atoms with Crippen LogP contribution in [0.15, 0.2) is 70.0 Å². The van der Waals surface area contributed by atoms with Gasteiger partial charge in [-0.1, -0.05) is 60.7 Å². The topological polar surface area (TPSA) is 64.2 Å². The van der Waals surface area contributed by atoms with Gasteiger partial charge in [-0.15, -0.1) is 0 Å². The molecule has 3 aromatic rings. The quantitative estimate of drug-likeness (QED) is 0.704. The van der Waals surface area contributed by atoms with Gasteiger partial charge in [-0.3, -0.25) is 4.79 Å². The smallest absolute Gasteiger partial charge is 0.351 e. The molecule has 1 amide bonds. The van der Waals surface area contributed by atoms with Crippen molar-refractivity contribution in [2.75, 3.05) is 6.54 Å². The summed E-state index contributed by atoms with van der Waals surface area (Å²) in [6, 6.07) is 19.2. The lowest BCUT2D eigenvalue weighted by molar-refractivity contribution is 0.0933. The van der Waals surface area contributed by atoms with Gasteiger partial charge in [0, 0.05) is 13.6 Å². The van der Waals surface area contributed by atoms with Crippen molar-refractivity contribution in [3.63, 3.8) is 0 Å². The summed E-state index contributed by atoms with van der Waals surface area (Å²) in [4.78, 5) is 24.7.